The molecule has 0 unspecified atom stereocenters. The molecule has 0 saturated carbocycles. The first-order valence-corrected chi connectivity index (χ1v) is 9.17. The van der Waals surface area contributed by atoms with Crippen LogP contribution in [0.25, 0.3) is 23.3 Å². The van der Waals surface area contributed by atoms with Crippen LogP contribution >= 0.6 is 0 Å². The Kier molecular flexibility index (Phi) is 7.36. The molecule has 2 heterocycles. The van der Waals surface area contributed by atoms with E-state index in [0.717, 1.165) is 5.56 Å². The van der Waals surface area contributed by atoms with Gasteiger partial charge in [0.15, 0.2) is 5.58 Å². The van der Waals surface area contributed by atoms with Gasteiger partial charge < -0.3 is 9.15 Å². The van der Waals surface area contributed by atoms with E-state index >= 15 is 0 Å². The number of hydrogen-bond donors (Lipinski definition) is 1. The summed E-state index contributed by atoms with van der Waals surface area (Å²) < 4.78 is 41.1. The SMILES string of the molecule is O=S(=O)(O)CCCOc1ccc2nc(/C=C/c3cccnc3)oc2c1.[NaH]. The minimum atomic E-state index is -3.96. The van der Waals surface area contributed by atoms with Crippen molar-refractivity contribution in [1.82, 2.24) is 9.97 Å². The Morgan fingerprint density at radius 1 is 1.23 bits per heavy atom. The Bertz CT molecular complexity index is 987. The van der Waals surface area contributed by atoms with E-state index < -0.39 is 10.1 Å². The molecule has 0 radical (unpaired) electrons. The number of nitrogens with zero attached hydrogens (tertiary/aromatic N) is 2. The maximum atomic E-state index is 10.7. The molecule has 0 spiro atoms. The van der Waals surface area contributed by atoms with Crippen molar-refractivity contribution < 1.29 is 22.1 Å². The van der Waals surface area contributed by atoms with E-state index in [1.165, 1.54) is 0 Å². The normalized spacial score (nSPS) is 11.6. The van der Waals surface area contributed by atoms with Gasteiger partial charge in [0.1, 0.15) is 11.3 Å². The van der Waals surface area contributed by atoms with Crippen LogP contribution in [-0.2, 0) is 10.1 Å². The number of aromatic nitrogens is 2. The second kappa shape index (κ2) is 9.29. The van der Waals surface area contributed by atoms with Gasteiger partial charge in [0.25, 0.3) is 10.1 Å². The molecule has 2 aromatic heterocycles. The third-order valence-electron chi connectivity index (χ3n) is 3.29. The van der Waals surface area contributed by atoms with Gasteiger partial charge in [0.05, 0.1) is 12.4 Å². The van der Waals surface area contributed by atoms with Crippen LogP contribution in [0.1, 0.15) is 17.9 Å². The molecule has 0 aliphatic rings. The Morgan fingerprint density at radius 3 is 2.81 bits per heavy atom. The van der Waals surface area contributed by atoms with Crippen molar-refractivity contribution in [2.45, 2.75) is 6.42 Å². The molecule has 0 aliphatic carbocycles. The molecule has 1 N–H and O–H groups in total. The van der Waals surface area contributed by atoms with Gasteiger partial charge in [-0.05, 0) is 36.3 Å². The summed E-state index contributed by atoms with van der Waals surface area (Å²) in [6, 6.07) is 8.95. The van der Waals surface area contributed by atoms with Crippen LogP contribution < -0.4 is 4.74 Å². The fourth-order valence-electron chi connectivity index (χ4n) is 2.16. The van der Waals surface area contributed by atoms with Gasteiger partial charge in [0, 0.05) is 24.5 Å². The molecule has 0 saturated heterocycles. The summed E-state index contributed by atoms with van der Waals surface area (Å²) in [5, 5.41) is 0. The van der Waals surface area contributed by atoms with E-state index in [4.69, 9.17) is 13.7 Å². The van der Waals surface area contributed by atoms with Crippen molar-refractivity contribution in [1.29, 1.82) is 0 Å². The summed E-state index contributed by atoms with van der Waals surface area (Å²) in [6.07, 6.45) is 7.24. The minimum absolute atomic E-state index is 0. The number of rotatable bonds is 7. The van der Waals surface area contributed by atoms with E-state index in [9.17, 15) is 8.42 Å². The van der Waals surface area contributed by atoms with Gasteiger partial charge >= 0.3 is 29.6 Å². The van der Waals surface area contributed by atoms with Crippen LogP contribution in [0.2, 0.25) is 0 Å². The fourth-order valence-corrected chi connectivity index (χ4v) is 2.64. The van der Waals surface area contributed by atoms with Crippen molar-refractivity contribution in [3.63, 3.8) is 0 Å². The van der Waals surface area contributed by atoms with Crippen LogP contribution in [0.4, 0.5) is 0 Å². The maximum absolute atomic E-state index is 10.7. The molecule has 9 heteroatoms. The van der Waals surface area contributed by atoms with Gasteiger partial charge in [-0.25, -0.2) is 4.98 Å². The van der Waals surface area contributed by atoms with Crippen LogP contribution in [0.3, 0.4) is 0 Å². The van der Waals surface area contributed by atoms with E-state index in [0.29, 0.717) is 22.7 Å². The first kappa shape index (κ1) is 20.6. The molecule has 3 rings (SSSR count). The summed E-state index contributed by atoms with van der Waals surface area (Å²) in [5.41, 5.74) is 2.20. The third kappa shape index (κ3) is 6.22. The standard InChI is InChI=1S/C17H16N2O5S.Na.H/c20-25(21,22)10-2-9-23-14-5-6-15-16(11-14)24-17(19-15)7-4-13-3-1-8-18-12-13;;/h1,3-8,11-12H,2,9-10H2,(H,20,21,22);;/b7-4+;;. The zero-order chi connectivity index (χ0) is 17.7. The van der Waals surface area contributed by atoms with Crippen molar-refractivity contribution in [2.24, 2.45) is 0 Å². The molecule has 3 aromatic rings. The Hall–Kier alpha value is -1.71. The Balaban J connectivity index is 0.00000243. The van der Waals surface area contributed by atoms with Crippen molar-refractivity contribution in [2.75, 3.05) is 12.4 Å². The average Bonchev–Trinajstić information content (AvgIpc) is 2.99. The zero-order valence-electron chi connectivity index (χ0n) is 13.2. The topological polar surface area (TPSA) is 103 Å². The monoisotopic (exact) mass is 384 g/mol. The molecule has 0 fully saturated rings. The summed E-state index contributed by atoms with van der Waals surface area (Å²) in [4.78, 5) is 8.39. The second-order valence-electron chi connectivity index (χ2n) is 5.29. The molecule has 0 bridgehead atoms. The van der Waals surface area contributed by atoms with E-state index in [1.54, 1.807) is 36.7 Å². The molecular formula is C17H17N2NaO5S. The van der Waals surface area contributed by atoms with Crippen molar-refractivity contribution >= 4 is 62.9 Å². The van der Waals surface area contributed by atoms with Crippen molar-refractivity contribution in [3.05, 3.63) is 54.2 Å². The number of pyridine rings is 1. The Morgan fingerprint density at radius 2 is 2.08 bits per heavy atom. The van der Waals surface area contributed by atoms with Gasteiger partial charge in [-0.2, -0.15) is 8.42 Å². The predicted octanol–water partition coefficient (Wildman–Crippen LogP) is 2.40. The second-order valence-corrected chi connectivity index (χ2v) is 6.86. The summed E-state index contributed by atoms with van der Waals surface area (Å²) in [6.45, 7) is 0.174. The fraction of sp³-hybridized carbons (Fsp3) is 0.176. The summed E-state index contributed by atoms with van der Waals surface area (Å²) in [5.74, 6) is 0.671. The van der Waals surface area contributed by atoms with Gasteiger partial charge in [0.2, 0.25) is 5.89 Å². The van der Waals surface area contributed by atoms with Crippen LogP contribution in [0.5, 0.6) is 5.75 Å². The number of oxazole rings is 1. The molecule has 0 aliphatic heterocycles. The number of fused-ring (bicyclic) bond motifs is 1. The molecule has 132 valence electrons. The summed E-state index contributed by atoms with van der Waals surface area (Å²) in [7, 11) is -3.96. The summed E-state index contributed by atoms with van der Waals surface area (Å²) >= 11 is 0. The van der Waals surface area contributed by atoms with Gasteiger partial charge in [-0.15, -0.1) is 0 Å². The first-order chi connectivity index (χ1) is 12.0. The molecule has 26 heavy (non-hydrogen) atoms. The number of ether oxygens (including phenoxy) is 1. The molecule has 0 amide bonds. The molecule has 0 atom stereocenters. The number of hydrogen-bond acceptors (Lipinski definition) is 6. The zero-order valence-corrected chi connectivity index (χ0v) is 14.0. The number of benzene rings is 1. The Labute approximate surface area is 173 Å². The molecule has 1 aromatic carbocycles. The van der Waals surface area contributed by atoms with Gasteiger partial charge in [-0.3, -0.25) is 9.54 Å². The van der Waals surface area contributed by atoms with E-state index in [-0.39, 0.29) is 48.3 Å². The van der Waals surface area contributed by atoms with Crippen LogP contribution in [-0.4, -0.2) is 64.9 Å². The van der Waals surface area contributed by atoms with Crippen LogP contribution in [0, 0.1) is 0 Å². The predicted molar refractivity (Wildman–Crippen MR) is 101 cm³/mol. The van der Waals surface area contributed by atoms with Crippen molar-refractivity contribution in [3.8, 4) is 5.75 Å². The van der Waals surface area contributed by atoms with E-state index in [1.807, 2.05) is 18.2 Å². The molecule has 7 nitrogen and oxygen atoms in total. The third-order valence-corrected chi connectivity index (χ3v) is 4.10. The van der Waals surface area contributed by atoms with Crippen LogP contribution in [0.15, 0.2) is 47.1 Å². The van der Waals surface area contributed by atoms with Gasteiger partial charge in [-0.1, -0.05) is 6.07 Å². The van der Waals surface area contributed by atoms with E-state index in [2.05, 4.69) is 9.97 Å². The average molecular weight is 384 g/mol. The molecular weight excluding hydrogens is 367 g/mol. The first-order valence-electron chi connectivity index (χ1n) is 7.56. The quantitative estimate of drug-likeness (QED) is 0.379.